The number of hydrogen-bond donors (Lipinski definition) is 1. The van der Waals surface area contributed by atoms with Crippen LogP contribution in [-0.4, -0.2) is 18.9 Å². The van der Waals surface area contributed by atoms with Crippen molar-refractivity contribution < 1.29 is 52.4 Å². The Morgan fingerprint density at radius 3 is 2.43 bits per heavy atom. The smallest absolute Gasteiger partial charge is 0.559 e. The van der Waals surface area contributed by atoms with Gasteiger partial charge in [-0.2, -0.15) is 32.7 Å². The largest absolute Gasteiger partial charge is 1.00 e. The number of carboxylic acids is 1. The minimum absolute atomic E-state index is 0. The van der Waals surface area contributed by atoms with E-state index in [-0.39, 0.29) is 29.6 Å². The summed E-state index contributed by atoms with van der Waals surface area (Å²) in [7, 11) is -4.55. The first kappa shape index (κ1) is 13.6. The number of carbonyl (C=O) groups excluding carboxylic acids is 1. The molecule has 0 unspecified atom stereocenters. The summed E-state index contributed by atoms with van der Waals surface area (Å²) in [6, 6.07) is 5.56. The fraction of sp³-hybridized carbons (Fsp3) is 0. The van der Waals surface area contributed by atoms with Gasteiger partial charge in [0.05, 0.1) is 0 Å². The molecule has 0 saturated heterocycles. The van der Waals surface area contributed by atoms with Gasteiger partial charge in [-0.3, -0.25) is 4.55 Å². The van der Waals surface area contributed by atoms with E-state index < -0.39 is 26.5 Å². The zero-order valence-corrected chi connectivity index (χ0v) is 10.0. The average molecular weight is 223 g/mol. The zero-order valence-electron chi connectivity index (χ0n) is 7.22. The second-order valence-electron chi connectivity index (χ2n) is 2.18. The molecular weight excluding hydrogens is 219 g/mol. The van der Waals surface area contributed by atoms with E-state index in [0.717, 1.165) is 6.07 Å². The molecule has 0 aliphatic heterocycles. The van der Waals surface area contributed by atoms with Crippen molar-refractivity contribution in [2.75, 3.05) is 0 Å². The van der Waals surface area contributed by atoms with Gasteiger partial charge in [-0.05, 0) is 4.90 Å². The molecule has 0 radical (unpaired) electrons. The first-order valence-corrected chi connectivity index (χ1v) is 4.56. The third kappa shape index (κ3) is 3.07. The molecule has 0 bridgehead atoms. The number of benzene rings is 1. The van der Waals surface area contributed by atoms with Gasteiger partial charge in [0.25, 0.3) is 10.1 Å². The Hall–Kier alpha value is -0.400. The van der Waals surface area contributed by atoms with E-state index in [4.69, 9.17) is 4.55 Å². The van der Waals surface area contributed by atoms with Crippen LogP contribution in [0.5, 0.6) is 0 Å². The minimum Gasteiger partial charge on any atom is -0.559 e. The summed E-state index contributed by atoms with van der Waals surface area (Å²) in [5.74, 6) is -1.68. The van der Waals surface area contributed by atoms with Crippen molar-refractivity contribution in [3.63, 3.8) is 0 Å². The van der Waals surface area contributed by atoms with Crippen molar-refractivity contribution in [3.05, 3.63) is 29.8 Å². The van der Waals surface area contributed by atoms with Gasteiger partial charge in [0.15, 0.2) is 0 Å². The number of hydrogen-bond acceptors (Lipinski definition) is 4. The Morgan fingerprint density at radius 1 is 1.50 bits per heavy atom. The van der Waals surface area contributed by atoms with E-state index in [1.165, 1.54) is 12.1 Å². The van der Waals surface area contributed by atoms with Gasteiger partial charge in [-0.25, -0.2) is 0 Å². The molecule has 0 aliphatic carbocycles. The first-order valence-electron chi connectivity index (χ1n) is 3.12. The van der Waals surface area contributed by atoms with E-state index in [9.17, 15) is 18.3 Å². The van der Waals surface area contributed by atoms with Gasteiger partial charge in [-0.15, -0.1) is 0 Å². The van der Waals surface area contributed by atoms with Crippen LogP contribution in [0, 0.1) is 6.07 Å². The maximum atomic E-state index is 10.6. The SMILES string of the molecule is O=C([O-])c1ccc[c-]c1S(=O)(=O)O.[Na+]. The van der Waals surface area contributed by atoms with Crippen LogP contribution >= 0.6 is 0 Å². The standard InChI is InChI=1S/C7H5O5S.Na/c8-7(9)5-3-1-2-4-6(5)13(10,11)12;/h1-3H,(H,8,9)(H,10,11,12);/q-1;+1/p-1. The second-order valence-corrected chi connectivity index (χ2v) is 3.53. The summed E-state index contributed by atoms with van der Waals surface area (Å²) in [5.41, 5.74) is -0.606. The van der Waals surface area contributed by atoms with Crippen LogP contribution in [0.2, 0.25) is 0 Å². The normalized spacial score (nSPS) is 10.4. The molecule has 1 aromatic rings. The Kier molecular flexibility index (Phi) is 4.76. The number of carboxylic acid groups (broad SMARTS) is 1. The van der Waals surface area contributed by atoms with E-state index in [1.807, 2.05) is 0 Å². The summed E-state index contributed by atoms with van der Waals surface area (Å²) < 4.78 is 29.8. The van der Waals surface area contributed by atoms with Gasteiger partial charge >= 0.3 is 29.6 Å². The van der Waals surface area contributed by atoms with Crippen LogP contribution in [-0.2, 0) is 10.1 Å². The molecule has 0 atom stereocenters. The van der Waals surface area contributed by atoms with Crippen LogP contribution in [0.15, 0.2) is 23.1 Å². The van der Waals surface area contributed by atoms with E-state index in [1.54, 1.807) is 0 Å². The molecule has 1 N–H and O–H groups in total. The maximum Gasteiger partial charge on any atom is 1.00 e. The summed E-state index contributed by atoms with van der Waals surface area (Å²) >= 11 is 0. The van der Waals surface area contributed by atoms with Crippen molar-refractivity contribution in [2.24, 2.45) is 0 Å². The molecule has 0 aliphatic rings. The van der Waals surface area contributed by atoms with Crippen molar-refractivity contribution in [1.29, 1.82) is 0 Å². The van der Waals surface area contributed by atoms with Crippen molar-refractivity contribution in [1.82, 2.24) is 0 Å². The van der Waals surface area contributed by atoms with Crippen LogP contribution in [0.3, 0.4) is 0 Å². The van der Waals surface area contributed by atoms with Gasteiger partial charge in [-0.1, -0.05) is 5.56 Å². The van der Waals surface area contributed by atoms with Crippen molar-refractivity contribution in [3.8, 4) is 0 Å². The van der Waals surface area contributed by atoms with Gasteiger partial charge < -0.3 is 9.90 Å². The third-order valence-electron chi connectivity index (χ3n) is 1.30. The minimum atomic E-state index is -4.55. The van der Waals surface area contributed by atoms with Gasteiger partial charge in [0.2, 0.25) is 0 Å². The Labute approximate surface area is 103 Å². The predicted octanol–water partition coefficient (Wildman–Crippen LogP) is -3.90. The van der Waals surface area contributed by atoms with E-state index in [0.29, 0.717) is 0 Å². The molecule has 5 nitrogen and oxygen atoms in total. The zero-order chi connectivity index (χ0) is 10.1. The third-order valence-corrected chi connectivity index (χ3v) is 2.15. The molecule has 0 fully saturated rings. The van der Waals surface area contributed by atoms with Crippen molar-refractivity contribution in [2.45, 2.75) is 4.90 Å². The average Bonchev–Trinajstić information content (AvgIpc) is 2.03. The molecule has 0 heterocycles. The molecule has 0 aromatic heterocycles. The van der Waals surface area contributed by atoms with Crippen LogP contribution < -0.4 is 34.7 Å². The molecule has 0 amide bonds. The maximum absolute atomic E-state index is 10.6. The Morgan fingerprint density at radius 2 is 2.07 bits per heavy atom. The first-order chi connectivity index (χ1) is 5.93. The fourth-order valence-electron chi connectivity index (χ4n) is 0.796. The number of carbonyl (C=O) groups is 1. The van der Waals surface area contributed by atoms with Crippen LogP contribution in [0.1, 0.15) is 10.4 Å². The van der Waals surface area contributed by atoms with Gasteiger partial charge in [0.1, 0.15) is 0 Å². The summed E-state index contributed by atoms with van der Waals surface area (Å²) in [5, 5.41) is 10.4. The quantitative estimate of drug-likeness (QED) is 0.314. The predicted molar refractivity (Wildman–Crippen MR) is 39.4 cm³/mol. The Balaban J connectivity index is 0.00000169. The topological polar surface area (TPSA) is 94.5 Å². The molecule has 70 valence electrons. The fourth-order valence-corrected chi connectivity index (χ4v) is 1.44. The molecule has 1 rings (SSSR count). The van der Waals surface area contributed by atoms with Crippen LogP contribution in [0.4, 0.5) is 0 Å². The summed E-state index contributed by atoms with van der Waals surface area (Å²) in [6.45, 7) is 0. The monoisotopic (exact) mass is 223 g/mol. The summed E-state index contributed by atoms with van der Waals surface area (Å²) in [4.78, 5) is 9.58. The van der Waals surface area contributed by atoms with E-state index in [2.05, 4.69) is 6.07 Å². The molecular formula is C7H4NaO5S-. The van der Waals surface area contributed by atoms with Crippen LogP contribution in [0.25, 0.3) is 0 Å². The second kappa shape index (κ2) is 4.90. The number of aromatic carboxylic acids is 1. The summed E-state index contributed by atoms with van der Waals surface area (Å²) in [6.07, 6.45) is 0. The number of rotatable bonds is 2. The molecule has 1 aromatic carbocycles. The van der Waals surface area contributed by atoms with E-state index >= 15 is 0 Å². The molecule has 7 heteroatoms. The molecule has 0 spiro atoms. The van der Waals surface area contributed by atoms with Crippen molar-refractivity contribution >= 4 is 16.1 Å². The van der Waals surface area contributed by atoms with Gasteiger partial charge in [0, 0.05) is 5.97 Å². The molecule has 14 heavy (non-hydrogen) atoms. The Bertz CT molecular complexity index is 439. The molecule has 0 saturated carbocycles.